The van der Waals surface area contributed by atoms with E-state index in [0.717, 1.165) is 47.6 Å². The maximum Gasteiger partial charge on any atom is 0.239 e. The molecule has 0 aliphatic carbocycles. The summed E-state index contributed by atoms with van der Waals surface area (Å²) >= 11 is 5.89. The number of sulfone groups is 1. The first-order valence-corrected chi connectivity index (χ1v) is 12.8. The first-order chi connectivity index (χ1) is 15.3. The molecule has 6 nitrogen and oxygen atoms in total. The van der Waals surface area contributed by atoms with Gasteiger partial charge in [0.15, 0.2) is 9.84 Å². The molecule has 1 fully saturated rings. The Bertz CT molecular complexity index is 1040. The molecule has 1 atom stereocenters. The van der Waals surface area contributed by atoms with Crippen LogP contribution >= 0.6 is 11.6 Å². The van der Waals surface area contributed by atoms with Crippen molar-refractivity contribution in [3.63, 3.8) is 0 Å². The van der Waals surface area contributed by atoms with Gasteiger partial charge in [0, 0.05) is 11.6 Å². The molecule has 2 aromatic rings. The maximum absolute atomic E-state index is 12.8. The largest absolute Gasteiger partial charge is 0.355 e. The van der Waals surface area contributed by atoms with Crippen LogP contribution in [-0.2, 0) is 25.8 Å². The van der Waals surface area contributed by atoms with Crippen molar-refractivity contribution >= 4 is 33.3 Å². The molecule has 1 aliphatic heterocycles. The van der Waals surface area contributed by atoms with Crippen LogP contribution in [0.5, 0.6) is 0 Å². The summed E-state index contributed by atoms with van der Waals surface area (Å²) in [5.41, 5.74) is 2.21. The van der Waals surface area contributed by atoms with Crippen LogP contribution in [0.25, 0.3) is 0 Å². The summed E-state index contributed by atoms with van der Waals surface area (Å²) in [5, 5.41) is 2.56. The Morgan fingerprint density at radius 3 is 2.34 bits per heavy atom. The van der Waals surface area contributed by atoms with Crippen LogP contribution in [0.3, 0.4) is 0 Å². The fourth-order valence-corrected chi connectivity index (χ4v) is 5.52. The van der Waals surface area contributed by atoms with Crippen molar-refractivity contribution in [1.29, 1.82) is 0 Å². The molecule has 1 aliphatic rings. The number of halogens is 1. The van der Waals surface area contributed by atoms with Crippen molar-refractivity contribution in [2.45, 2.75) is 55.7 Å². The van der Waals surface area contributed by atoms with Crippen molar-refractivity contribution in [3.05, 3.63) is 64.7 Å². The Kier molecular flexibility index (Phi) is 8.32. The van der Waals surface area contributed by atoms with E-state index in [4.69, 9.17) is 11.6 Å². The summed E-state index contributed by atoms with van der Waals surface area (Å²) in [5.74, 6) is -0.647. The standard InChI is InChI=1S/C24H29ClN2O4S/c1-18-7-13-21(14-8-18)32(30,31)24-16-23(29)27(24)17-22(28)26-15-5-3-2-4-6-19-9-11-20(25)12-10-19/h7-14,24H,2-6,15-17H2,1H3,(H,26,28). The lowest BCUT2D eigenvalue weighted by molar-refractivity contribution is -0.145. The van der Waals surface area contributed by atoms with Gasteiger partial charge in [0.1, 0.15) is 11.9 Å². The predicted molar refractivity (Wildman–Crippen MR) is 125 cm³/mol. The smallest absolute Gasteiger partial charge is 0.239 e. The lowest BCUT2D eigenvalue weighted by Gasteiger charge is -2.39. The summed E-state index contributed by atoms with van der Waals surface area (Å²) in [6, 6.07) is 14.4. The first-order valence-electron chi connectivity index (χ1n) is 10.9. The second-order valence-corrected chi connectivity index (χ2v) is 10.7. The number of nitrogens with zero attached hydrogens (tertiary/aromatic N) is 1. The number of unbranched alkanes of at least 4 members (excludes halogenated alkanes) is 3. The number of aryl methyl sites for hydroxylation is 2. The second-order valence-electron chi connectivity index (χ2n) is 8.18. The van der Waals surface area contributed by atoms with E-state index in [1.165, 1.54) is 5.56 Å². The third-order valence-electron chi connectivity index (χ3n) is 5.67. The molecule has 0 saturated carbocycles. The van der Waals surface area contributed by atoms with Gasteiger partial charge in [-0.15, -0.1) is 0 Å². The highest BCUT2D eigenvalue weighted by Gasteiger charge is 2.46. The van der Waals surface area contributed by atoms with Gasteiger partial charge in [0.2, 0.25) is 11.8 Å². The minimum Gasteiger partial charge on any atom is -0.355 e. The van der Waals surface area contributed by atoms with Gasteiger partial charge < -0.3 is 10.2 Å². The number of rotatable bonds is 11. The second kappa shape index (κ2) is 11.0. The van der Waals surface area contributed by atoms with Crippen molar-refractivity contribution in [2.24, 2.45) is 0 Å². The summed E-state index contributed by atoms with van der Waals surface area (Å²) in [7, 11) is -3.69. The maximum atomic E-state index is 12.8. The zero-order valence-electron chi connectivity index (χ0n) is 18.2. The summed E-state index contributed by atoms with van der Waals surface area (Å²) in [4.78, 5) is 25.5. The van der Waals surface area contributed by atoms with E-state index in [2.05, 4.69) is 5.32 Å². The monoisotopic (exact) mass is 476 g/mol. The predicted octanol–water partition coefficient (Wildman–Crippen LogP) is 3.90. The average Bonchev–Trinajstić information content (AvgIpc) is 2.76. The number of likely N-dealkylation sites (tertiary alicyclic amines) is 1. The minimum absolute atomic E-state index is 0.0862. The molecule has 32 heavy (non-hydrogen) atoms. The molecule has 2 amide bonds. The highest BCUT2D eigenvalue weighted by molar-refractivity contribution is 7.92. The molecule has 3 rings (SSSR count). The van der Waals surface area contributed by atoms with Gasteiger partial charge in [0.25, 0.3) is 0 Å². The van der Waals surface area contributed by atoms with Crippen LogP contribution in [0.15, 0.2) is 53.4 Å². The van der Waals surface area contributed by atoms with Gasteiger partial charge in [-0.3, -0.25) is 9.59 Å². The Hall–Kier alpha value is -2.38. The van der Waals surface area contributed by atoms with Crippen molar-refractivity contribution in [3.8, 4) is 0 Å². The zero-order chi connectivity index (χ0) is 23.1. The fraction of sp³-hybridized carbons (Fsp3) is 0.417. The van der Waals surface area contributed by atoms with Gasteiger partial charge in [-0.2, -0.15) is 0 Å². The molecule has 0 bridgehead atoms. The molecule has 1 saturated heterocycles. The van der Waals surface area contributed by atoms with Crippen LogP contribution in [0.4, 0.5) is 0 Å². The number of amides is 2. The van der Waals surface area contributed by atoms with Crippen LogP contribution in [0, 0.1) is 6.92 Å². The fourth-order valence-electron chi connectivity index (χ4n) is 3.67. The first kappa shape index (κ1) is 24.3. The molecule has 0 radical (unpaired) electrons. The van der Waals surface area contributed by atoms with Crippen molar-refractivity contribution < 1.29 is 18.0 Å². The van der Waals surface area contributed by atoms with E-state index >= 15 is 0 Å². The van der Waals surface area contributed by atoms with Gasteiger partial charge >= 0.3 is 0 Å². The van der Waals surface area contributed by atoms with E-state index < -0.39 is 15.2 Å². The van der Waals surface area contributed by atoms with E-state index in [0.29, 0.717) is 6.54 Å². The molecular formula is C24H29ClN2O4S. The van der Waals surface area contributed by atoms with Gasteiger partial charge in [0.05, 0.1) is 11.3 Å². The SMILES string of the molecule is Cc1ccc(S(=O)(=O)C2CC(=O)N2CC(=O)NCCCCCCc2ccc(Cl)cc2)cc1. The molecular weight excluding hydrogens is 448 g/mol. The normalized spacial score (nSPS) is 16.0. The Morgan fingerprint density at radius 1 is 1.03 bits per heavy atom. The molecule has 1 heterocycles. The molecule has 0 aromatic heterocycles. The number of nitrogens with one attached hydrogen (secondary N) is 1. The Labute approximate surface area is 194 Å². The topological polar surface area (TPSA) is 83.6 Å². The third kappa shape index (κ3) is 6.33. The molecule has 1 unspecified atom stereocenters. The van der Waals surface area contributed by atoms with E-state index in [1.54, 1.807) is 24.3 Å². The summed E-state index contributed by atoms with van der Waals surface area (Å²) < 4.78 is 25.6. The number of β-lactam (4-membered cyclic amide) rings is 1. The zero-order valence-corrected chi connectivity index (χ0v) is 19.8. The quantitative estimate of drug-likeness (QED) is 0.394. The Balaban J connectivity index is 1.36. The van der Waals surface area contributed by atoms with Gasteiger partial charge in [-0.1, -0.05) is 54.3 Å². The van der Waals surface area contributed by atoms with Crippen LogP contribution in [-0.4, -0.2) is 43.6 Å². The van der Waals surface area contributed by atoms with Crippen LogP contribution in [0.1, 0.15) is 43.2 Å². The third-order valence-corrected chi connectivity index (χ3v) is 7.99. The lowest BCUT2D eigenvalue weighted by atomic mass is 10.1. The highest BCUT2D eigenvalue weighted by atomic mass is 35.5. The number of carbonyl (C=O) groups excluding carboxylic acids is 2. The van der Waals surface area contributed by atoms with E-state index in [1.807, 2.05) is 31.2 Å². The van der Waals surface area contributed by atoms with E-state index in [-0.39, 0.29) is 29.7 Å². The van der Waals surface area contributed by atoms with Crippen LogP contribution in [0.2, 0.25) is 5.02 Å². The van der Waals surface area contributed by atoms with Crippen molar-refractivity contribution in [2.75, 3.05) is 13.1 Å². The molecule has 0 spiro atoms. The van der Waals surface area contributed by atoms with E-state index in [9.17, 15) is 18.0 Å². The molecule has 172 valence electrons. The minimum atomic E-state index is -3.69. The Morgan fingerprint density at radius 2 is 1.69 bits per heavy atom. The molecule has 8 heteroatoms. The lowest BCUT2D eigenvalue weighted by Crippen LogP contribution is -2.59. The molecule has 2 aromatic carbocycles. The number of carbonyl (C=O) groups is 2. The summed E-state index contributed by atoms with van der Waals surface area (Å²) in [6.07, 6.45) is 4.86. The number of hydrogen-bond acceptors (Lipinski definition) is 4. The van der Waals surface area contributed by atoms with Crippen LogP contribution < -0.4 is 5.32 Å². The van der Waals surface area contributed by atoms with Gasteiger partial charge in [-0.05, 0) is 56.0 Å². The molecule has 1 N–H and O–H groups in total. The summed E-state index contributed by atoms with van der Waals surface area (Å²) in [6.45, 7) is 2.15. The van der Waals surface area contributed by atoms with Gasteiger partial charge in [-0.25, -0.2) is 8.42 Å². The average molecular weight is 477 g/mol. The highest BCUT2D eigenvalue weighted by Crippen LogP contribution is 2.29. The van der Waals surface area contributed by atoms with Crippen molar-refractivity contribution in [1.82, 2.24) is 10.2 Å². The number of hydrogen-bond donors (Lipinski definition) is 1. The number of benzene rings is 2.